The minimum atomic E-state index is -0.531. The maximum absolute atomic E-state index is 13.2. The average molecular weight is 332 g/mol. The number of non-ortho nitro benzene ring substituents is 1. The molecule has 0 aliphatic heterocycles. The third-order valence-corrected chi connectivity index (χ3v) is 3.39. The lowest BCUT2D eigenvalue weighted by Crippen LogP contribution is -2.34. The van der Waals surface area contributed by atoms with Gasteiger partial charge >= 0.3 is 0 Å². The van der Waals surface area contributed by atoms with Gasteiger partial charge in [-0.15, -0.1) is 0 Å². The van der Waals surface area contributed by atoms with Gasteiger partial charge in [0.15, 0.2) is 6.61 Å². The number of rotatable bonds is 7. The number of likely N-dealkylation sites (N-methyl/N-ethyl adjacent to an activating group) is 1. The van der Waals surface area contributed by atoms with Gasteiger partial charge in [-0.25, -0.2) is 4.39 Å². The van der Waals surface area contributed by atoms with Gasteiger partial charge in [0.2, 0.25) is 0 Å². The molecule has 24 heavy (non-hydrogen) atoms. The number of nitrogens with zero attached hydrogens (tertiary/aromatic N) is 2. The number of carbonyl (C=O) groups is 1. The molecule has 7 heteroatoms. The zero-order valence-corrected chi connectivity index (χ0v) is 13.1. The lowest BCUT2D eigenvalue weighted by Gasteiger charge is -2.21. The van der Waals surface area contributed by atoms with Gasteiger partial charge in [-0.05, 0) is 30.7 Å². The Hall–Kier alpha value is -2.96. The SMILES string of the molecule is CCN(Cc1cccc(F)c1)C(=O)COc1cccc([N+](=O)[O-])c1. The van der Waals surface area contributed by atoms with Crippen LogP contribution in [0.1, 0.15) is 12.5 Å². The van der Waals surface area contributed by atoms with E-state index in [9.17, 15) is 19.3 Å². The van der Waals surface area contributed by atoms with E-state index in [0.29, 0.717) is 12.1 Å². The Balaban J connectivity index is 1.97. The Morgan fingerprint density at radius 2 is 2.00 bits per heavy atom. The minimum absolute atomic E-state index is 0.105. The van der Waals surface area contributed by atoms with Crippen LogP contribution in [0.4, 0.5) is 10.1 Å². The van der Waals surface area contributed by atoms with Gasteiger partial charge in [-0.2, -0.15) is 0 Å². The fraction of sp³-hybridized carbons (Fsp3) is 0.235. The molecule has 0 bridgehead atoms. The zero-order chi connectivity index (χ0) is 17.5. The monoisotopic (exact) mass is 332 g/mol. The van der Waals surface area contributed by atoms with Crippen LogP contribution in [0.5, 0.6) is 5.75 Å². The summed E-state index contributed by atoms with van der Waals surface area (Å²) in [6.45, 7) is 2.27. The van der Waals surface area contributed by atoms with Crippen molar-refractivity contribution in [1.82, 2.24) is 4.90 Å². The lowest BCUT2D eigenvalue weighted by molar-refractivity contribution is -0.384. The van der Waals surface area contributed by atoms with E-state index in [1.807, 2.05) is 6.92 Å². The molecule has 0 saturated heterocycles. The Bertz CT molecular complexity index is 736. The van der Waals surface area contributed by atoms with Crippen LogP contribution in [0, 0.1) is 15.9 Å². The molecule has 1 amide bonds. The Labute approximate surface area is 138 Å². The van der Waals surface area contributed by atoms with Crippen molar-refractivity contribution in [2.24, 2.45) is 0 Å². The molecule has 0 spiro atoms. The molecule has 2 rings (SSSR count). The second-order valence-corrected chi connectivity index (χ2v) is 5.08. The molecule has 0 aromatic heterocycles. The maximum Gasteiger partial charge on any atom is 0.273 e. The highest BCUT2D eigenvalue weighted by Crippen LogP contribution is 2.19. The Kier molecular flexibility index (Phi) is 5.83. The number of halogens is 1. The van der Waals surface area contributed by atoms with Gasteiger partial charge in [0.05, 0.1) is 11.0 Å². The van der Waals surface area contributed by atoms with Gasteiger partial charge in [0.1, 0.15) is 11.6 Å². The molecule has 2 aromatic carbocycles. The maximum atomic E-state index is 13.2. The molecule has 0 aliphatic carbocycles. The summed E-state index contributed by atoms with van der Waals surface area (Å²) in [7, 11) is 0. The smallest absolute Gasteiger partial charge is 0.273 e. The fourth-order valence-corrected chi connectivity index (χ4v) is 2.16. The van der Waals surface area contributed by atoms with Crippen molar-refractivity contribution in [3.8, 4) is 5.75 Å². The van der Waals surface area contributed by atoms with Crippen LogP contribution in [0.3, 0.4) is 0 Å². The summed E-state index contributed by atoms with van der Waals surface area (Å²) in [4.78, 5) is 23.9. The van der Waals surface area contributed by atoms with Crippen LogP contribution in [-0.4, -0.2) is 28.9 Å². The number of hydrogen-bond donors (Lipinski definition) is 0. The minimum Gasteiger partial charge on any atom is -0.484 e. The van der Waals surface area contributed by atoms with Crippen LogP contribution in [0.25, 0.3) is 0 Å². The van der Waals surface area contributed by atoms with E-state index >= 15 is 0 Å². The van der Waals surface area contributed by atoms with Gasteiger partial charge < -0.3 is 9.64 Å². The molecule has 126 valence electrons. The third-order valence-electron chi connectivity index (χ3n) is 3.39. The largest absolute Gasteiger partial charge is 0.484 e. The standard InChI is InChI=1S/C17H17FN2O4/c1-2-19(11-13-5-3-6-14(18)9-13)17(21)12-24-16-8-4-7-15(10-16)20(22)23/h3-10H,2,11-12H2,1H3. The highest BCUT2D eigenvalue weighted by molar-refractivity contribution is 5.77. The first-order chi connectivity index (χ1) is 11.5. The first-order valence-electron chi connectivity index (χ1n) is 7.39. The van der Waals surface area contributed by atoms with Crippen molar-refractivity contribution in [2.45, 2.75) is 13.5 Å². The summed E-state index contributed by atoms with van der Waals surface area (Å²) >= 11 is 0. The van der Waals surface area contributed by atoms with Gasteiger partial charge in [-0.1, -0.05) is 18.2 Å². The Morgan fingerprint density at radius 1 is 1.25 bits per heavy atom. The fourth-order valence-electron chi connectivity index (χ4n) is 2.16. The molecule has 0 heterocycles. The van der Waals surface area contributed by atoms with Gasteiger partial charge in [-0.3, -0.25) is 14.9 Å². The molecule has 2 aromatic rings. The van der Waals surface area contributed by atoms with Crippen LogP contribution in [0.2, 0.25) is 0 Å². The van der Waals surface area contributed by atoms with E-state index in [1.54, 1.807) is 18.2 Å². The van der Waals surface area contributed by atoms with Crippen LogP contribution >= 0.6 is 0 Å². The normalized spacial score (nSPS) is 10.2. The third kappa shape index (κ3) is 4.77. The van der Waals surface area contributed by atoms with Gasteiger partial charge in [0.25, 0.3) is 11.6 Å². The number of ether oxygens (including phenoxy) is 1. The number of carbonyl (C=O) groups excluding carboxylic acids is 1. The van der Waals surface area contributed by atoms with E-state index in [-0.39, 0.29) is 36.3 Å². The van der Waals surface area contributed by atoms with Gasteiger partial charge in [0, 0.05) is 19.2 Å². The van der Waals surface area contributed by atoms with Crippen molar-refractivity contribution in [1.29, 1.82) is 0 Å². The van der Waals surface area contributed by atoms with Crippen molar-refractivity contribution >= 4 is 11.6 Å². The number of nitro groups is 1. The van der Waals surface area contributed by atoms with Crippen LogP contribution in [0.15, 0.2) is 48.5 Å². The van der Waals surface area contributed by atoms with Crippen molar-refractivity contribution in [2.75, 3.05) is 13.2 Å². The predicted octanol–water partition coefficient (Wildman–Crippen LogP) is 3.16. The second-order valence-electron chi connectivity index (χ2n) is 5.08. The number of nitro benzene ring substituents is 1. The molecule has 0 aliphatic rings. The number of amides is 1. The number of hydrogen-bond acceptors (Lipinski definition) is 4. The predicted molar refractivity (Wildman–Crippen MR) is 86.1 cm³/mol. The molecule has 0 fully saturated rings. The molecule has 0 atom stereocenters. The summed E-state index contributed by atoms with van der Waals surface area (Å²) in [5, 5.41) is 10.7. The van der Waals surface area contributed by atoms with Crippen LogP contribution < -0.4 is 4.74 Å². The highest BCUT2D eigenvalue weighted by atomic mass is 19.1. The Morgan fingerprint density at radius 3 is 2.67 bits per heavy atom. The van der Waals surface area contributed by atoms with Crippen molar-refractivity contribution < 1.29 is 18.8 Å². The summed E-state index contributed by atoms with van der Waals surface area (Å²) in [6.07, 6.45) is 0. The topological polar surface area (TPSA) is 72.7 Å². The van der Waals surface area contributed by atoms with Crippen molar-refractivity contribution in [3.63, 3.8) is 0 Å². The second kappa shape index (κ2) is 8.05. The summed E-state index contributed by atoms with van der Waals surface area (Å²) in [6, 6.07) is 11.7. The van der Waals surface area contributed by atoms with E-state index < -0.39 is 4.92 Å². The molecule has 0 radical (unpaired) electrons. The van der Waals surface area contributed by atoms with Crippen molar-refractivity contribution in [3.05, 3.63) is 70.0 Å². The molecule has 0 saturated carbocycles. The van der Waals surface area contributed by atoms with E-state index in [2.05, 4.69) is 0 Å². The summed E-state index contributed by atoms with van der Waals surface area (Å²) in [5.41, 5.74) is 0.576. The molecular weight excluding hydrogens is 315 g/mol. The molecule has 6 nitrogen and oxygen atoms in total. The summed E-state index contributed by atoms with van der Waals surface area (Å²) in [5.74, 6) is -0.392. The van der Waals surface area contributed by atoms with E-state index in [0.717, 1.165) is 0 Å². The number of benzene rings is 2. The van der Waals surface area contributed by atoms with E-state index in [1.165, 1.54) is 35.2 Å². The summed E-state index contributed by atoms with van der Waals surface area (Å²) < 4.78 is 18.5. The first-order valence-corrected chi connectivity index (χ1v) is 7.39. The molecular formula is C17H17FN2O4. The highest BCUT2D eigenvalue weighted by Gasteiger charge is 2.14. The first kappa shape index (κ1) is 17.4. The molecule has 0 unspecified atom stereocenters. The van der Waals surface area contributed by atoms with E-state index in [4.69, 9.17) is 4.74 Å². The molecule has 0 N–H and O–H groups in total. The quantitative estimate of drug-likeness (QED) is 0.577. The zero-order valence-electron chi connectivity index (χ0n) is 13.1. The average Bonchev–Trinajstić information content (AvgIpc) is 2.58. The van der Waals surface area contributed by atoms with Crippen LogP contribution in [-0.2, 0) is 11.3 Å². The lowest BCUT2D eigenvalue weighted by atomic mass is 10.2.